The Balaban J connectivity index is 1.21. The van der Waals surface area contributed by atoms with E-state index in [2.05, 4.69) is 36.5 Å². The molecule has 4 aliphatic rings. The van der Waals surface area contributed by atoms with Crippen LogP contribution in [0.5, 0.6) is 0 Å². The number of aliphatic hydroxyl groups excluding tert-OH is 1. The molecule has 1 heterocycles. The lowest BCUT2D eigenvalue weighted by Gasteiger charge is -2.67. The first-order valence-corrected chi connectivity index (χ1v) is 29.4. The number of carbonyl (C=O) groups excluding carboxylic acids is 7. The fourth-order valence-electron chi connectivity index (χ4n) is 12.7. The summed E-state index contributed by atoms with van der Waals surface area (Å²) in [6.07, 6.45) is 8.94. The SMILES string of the molecule is CCCCCC=CCC=CCCCCCCCCOC(=O)O[C@@H](C(=O)O[C@H]1C[C@@]2(O)[C@@H](OC(=O)c3ccccc3)[C@@H]3[C@]4(OC(C)=O)CO[C@@H]4C[C@H](O)[C@@]3(C)C(=O)[C@H](OC(C)=O)C(=C1C)C2(C)C)[C@@H](NC(=O)c1ccccc1)c1ccccc1. The lowest BCUT2D eigenvalue weighted by atomic mass is 9.44. The zero-order valence-electron chi connectivity index (χ0n) is 49.0. The van der Waals surface area contributed by atoms with Crippen molar-refractivity contribution < 1.29 is 76.9 Å². The smallest absolute Gasteiger partial charge is 0.455 e. The highest BCUT2D eigenvalue weighted by Gasteiger charge is 2.78. The average Bonchev–Trinajstić information content (AvgIpc) is 0.824. The zero-order chi connectivity index (χ0) is 60.0. The number of hydrogen-bond donors (Lipinski definition) is 3. The van der Waals surface area contributed by atoms with Crippen LogP contribution in [0.15, 0.2) is 126 Å². The van der Waals surface area contributed by atoms with Crippen LogP contribution in [0, 0.1) is 16.7 Å². The molecule has 83 heavy (non-hydrogen) atoms. The molecule has 0 spiro atoms. The van der Waals surface area contributed by atoms with Crippen LogP contribution in [0.3, 0.4) is 0 Å². The number of hydrogen-bond acceptors (Lipinski definition) is 16. The number of benzene rings is 3. The van der Waals surface area contributed by atoms with Gasteiger partial charge in [0.15, 0.2) is 17.5 Å². The molecule has 0 radical (unpaired) electrons. The van der Waals surface area contributed by atoms with E-state index in [0.29, 0.717) is 12.0 Å². The molecule has 1 saturated heterocycles. The summed E-state index contributed by atoms with van der Waals surface area (Å²) in [4.78, 5) is 100. The van der Waals surface area contributed by atoms with Crippen LogP contribution in [-0.2, 0) is 52.3 Å². The second-order valence-corrected chi connectivity index (χ2v) is 23.1. The number of nitrogens with one attached hydrogen (secondary N) is 1. The van der Waals surface area contributed by atoms with Crippen molar-refractivity contribution in [3.8, 4) is 0 Å². The van der Waals surface area contributed by atoms with Crippen LogP contribution in [0.4, 0.5) is 4.79 Å². The third-order valence-corrected chi connectivity index (χ3v) is 17.2. The number of ketones is 1. The van der Waals surface area contributed by atoms with Gasteiger partial charge in [0.05, 0.1) is 36.2 Å². The number of allylic oxidation sites excluding steroid dienone is 4. The van der Waals surface area contributed by atoms with Gasteiger partial charge in [-0.05, 0) is 93.3 Å². The number of ether oxygens (including phenoxy) is 7. The molecule has 3 aromatic rings. The topological polar surface area (TPSA) is 237 Å². The molecule has 3 aromatic carbocycles. The third kappa shape index (κ3) is 14.4. The lowest BCUT2D eigenvalue weighted by molar-refractivity contribution is -0.346. The maximum Gasteiger partial charge on any atom is 0.509 e. The van der Waals surface area contributed by atoms with E-state index in [9.17, 15) is 34.2 Å². The largest absolute Gasteiger partial charge is 0.509 e. The Labute approximate surface area is 487 Å². The number of esters is 4. The van der Waals surface area contributed by atoms with Gasteiger partial charge in [-0.25, -0.2) is 14.4 Å². The van der Waals surface area contributed by atoms with Crippen LogP contribution >= 0.6 is 0 Å². The van der Waals surface area contributed by atoms with E-state index in [0.717, 1.165) is 65.2 Å². The summed E-state index contributed by atoms with van der Waals surface area (Å²) in [5, 5.41) is 29.2. The Morgan fingerprint density at radius 1 is 0.747 bits per heavy atom. The number of unbranched alkanes of at least 4 members (excludes halogenated alkanes) is 9. The second kappa shape index (κ2) is 28.6. The number of rotatable bonds is 26. The van der Waals surface area contributed by atoms with Gasteiger partial charge in [0.1, 0.15) is 30.0 Å². The Morgan fingerprint density at radius 2 is 1.34 bits per heavy atom. The third-order valence-electron chi connectivity index (χ3n) is 17.2. The molecule has 3 aliphatic carbocycles. The van der Waals surface area contributed by atoms with E-state index in [1.54, 1.807) is 92.7 Å². The molecule has 11 atom stereocenters. The quantitative estimate of drug-likeness (QED) is 0.0293. The minimum Gasteiger partial charge on any atom is -0.455 e. The summed E-state index contributed by atoms with van der Waals surface area (Å²) in [6.45, 7) is 10.1. The lowest BCUT2D eigenvalue weighted by Crippen LogP contribution is -2.82. The van der Waals surface area contributed by atoms with Gasteiger partial charge in [0.2, 0.25) is 6.10 Å². The van der Waals surface area contributed by atoms with E-state index in [1.807, 2.05) is 0 Å². The average molecular weight is 1150 g/mol. The van der Waals surface area contributed by atoms with Crippen LogP contribution in [0.2, 0.25) is 0 Å². The van der Waals surface area contributed by atoms with Crippen LogP contribution in [0.1, 0.15) is 171 Å². The fourth-order valence-corrected chi connectivity index (χ4v) is 12.7. The van der Waals surface area contributed by atoms with Crippen molar-refractivity contribution in [3.63, 3.8) is 0 Å². The van der Waals surface area contributed by atoms with E-state index in [1.165, 1.54) is 45.2 Å². The van der Waals surface area contributed by atoms with Gasteiger partial charge in [-0.15, -0.1) is 0 Å². The van der Waals surface area contributed by atoms with Gasteiger partial charge in [-0.2, -0.15) is 0 Å². The molecule has 7 rings (SSSR count). The van der Waals surface area contributed by atoms with Crippen LogP contribution in [0.25, 0.3) is 0 Å². The van der Waals surface area contributed by atoms with Crippen LogP contribution in [-0.4, -0.2) is 113 Å². The van der Waals surface area contributed by atoms with Gasteiger partial charge in [-0.1, -0.05) is 150 Å². The molecular weight excluding hydrogens is 1060 g/mol. The number of amides is 1. The van der Waals surface area contributed by atoms with E-state index in [-0.39, 0.29) is 41.9 Å². The van der Waals surface area contributed by atoms with Crippen molar-refractivity contribution in [1.82, 2.24) is 5.32 Å². The summed E-state index contributed by atoms with van der Waals surface area (Å²) in [6, 6.07) is 22.9. The number of aliphatic hydroxyl groups is 2. The van der Waals surface area contributed by atoms with Crippen molar-refractivity contribution in [2.75, 3.05) is 13.2 Å². The Morgan fingerprint density at radius 3 is 1.93 bits per heavy atom. The van der Waals surface area contributed by atoms with Crippen molar-refractivity contribution in [2.24, 2.45) is 16.7 Å². The molecule has 0 aromatic heterocycles. The minimum absolute atomic E-state index is 0.0347. The second-order valence-electron chi connectivity index (χ2n) is 23.1. The first-order chi connectivity index (χ1) is 39.7. The van der Waals surface area contributed by atoms with E-state index < -0.39 is 119 Å². The maximum atomic E-state index is 15.8. The normalized spacial score (nSPS) is 26.9. The van der Waals surface area contributed by atoms with Gasteiger partial charge in [0, 0.05) is 37.7 Å². The Hall–Kier alpha value is -6.95. The van der Waals surface area contributed by atoms with Crippen molar-refractivity contribution >= 4 is 41.7 Å². The molecule has 2 bridgehead atoms. The summed E-state index contributed by atoms with van der Waals surface area (Å²) >= 11 is 0. The molecular formula is C66H83NO16. The number of fused-ring (bicyclic) bond motifs is 5. The van der Waals surface area contributed by atoms with E-state index >= 15 is 9.59 Å². The molecule has 448 valence electrons. The molecule has 17 nitrogen and oxygen atoms in total. The Bertz CT molecular complexity index is 2830. The predicted octanol–water partition coefficient (Wildman–Crippen LogP) is 10.7. The van der Waals surface area contributed by atoms with E-state index in [4.69, 9.17) is 33.2 Å². The predicted molar refractivity (Wildman–Crippen MR) is 307 cm³/mol. The summed E-state index contributed by atoms with van der Waals surface area (Å²) in [5.74, 6) is -7.01. The van der Waals surface area contributed by atoms with Crippen molar-refractivity contribution in [1.29, 1.82) is 0 Å². The highest BCUT2D eigenvalue weighted by Crippen LogP contribution is 2.64. The number of Topliss-reactive ketones (excluding diaryl/α,β-unsaturated/α-hetero) is 1. The minimum atomic E-state index is -2.47. The monoisotopic (exact) mass is 1150 g/mol. The molecule has 2 saturated carbocycles. The highest BCUT2D eigenvalue weighted by molar-refractivity contribution is 5.96. The van der Waals surface area contributed by atoms with Gasteiger partial charge >= 0.3 is 30.0 Å². The summed E-state index contributed by atoms with van der Waals surface area (Å²) in [5.41, 5.74) is -7.42. The maximum absolute atomic E-state index is 15.8. The van der Waals surface area contributed by atoms with Gasteiger partial charge in [-0.3, -0.25) is 19.2 Å². The van der Waals surface area contributed by atoms with Crippen LogP contribution < -0.4 is 5.32 Å². The Kier molecular flexibility index (Phi) is 21.9. The molecule has 1 aliphatic heterocycles. The number of carbonyl (C=O) groups is 7. The molecule has 3 N–H and O–H groups in total. The first kappa shape index (κ1) is 63.6. The highest BCUT2D eigenvalue weighted by atomic mass is 16.7. The molecule has 0 unspecified atom stereocenters. The molecule has 3 fully saturated rings. The van der Waals surface area contributed by atoms with Gasteiger partial charge in [0.25, 0.3) is 5.91 Å². The van der Waals surface area contributed by atoms with Crippen molar-refractivity contribution in [2.45, 2.75) is 192 Å². The molecule has 17 heteroatoms. The fraction of sp³-hybridized carbons (Fsp3) is 0.530. The first-order valence-electron chi connectivity index (χ1n) is 29.4. The zero-order valence-corrected chi connectivity index (χ0v) is 49.0. The summed E-state index contributed by atoms with van der Waals surface area (Å²) in [7, 11) is 0. The van der Waals surface area contributed by atoms with Gasteiger partial charge < -0.3 is 48.7 Å². The standard InChI is InChI=1S/C66H83NO16/c1-8-9-10-11-12-13-14-15-16-17-18-19-20-21-22-32-39-77-62(75)81-55(53(46-33-26-23-27-34-46)67-59(72)47-35-28-24-29-36-47)61(74)80-49-41-66(76)58(82-60(73)48-37-30-25-31-38-48)56-64(7,50(70)40-51-65(56,42-78-51)83-45(4)69)57(71)54(79-44(3)68)52(43(49)2)63(66,5)6/h12-13,15-16,23-31,33-38,49-51,53-56,58,70,76H,8-11,14,17-22,32,39-42H2,1-7H3,(H,67,72)/t49-,50-,51+,53-,54+,55+,56-,58-,64+,65-,66+/m0/s1. The molecule has 1 amide bonds. The van der Waals surface area contributed by atoms with Crippen molar-refractivity contribution in [3.05, 3.63) is 143 Å². The summed E-state index contributed by atoms with van der Waals surface area (Å²) < 4.78 is 42.6.